The summed E-state index contributed by atoms with van der Waals surface area (Å²) in [6, 6.07) is 8.35. The largest absolute Gasteiger partial charge is 0.462 e. The van der Waals surface area contributed by atoms with E-state index in [1.807, 2.05) is 0 Å². The highest BCUT2D eigenvalue weighted by molar-refractivity contribution is 5.88. The molecule has 0 radical (unpaired) electrons. The van der Waals surface area contributed by atoms with Crippen LogP contribution in [0, 0.1) is 0 Å². The van der Waals surface area contributed by atoms with Crippen molar-refractivity contribution in [3.8, 4) is 5.69 Å². The molecule has 0 saturated carbocycles. The Bertz CT molecular complexity index is 701. The van der Waals surface area contributed by atoms with Gasteiger partial charge in [-0.25, -0.2) is 14.2 Å². The van der Waals surface area contributed by atoms with Gasteiger partial charge in [0.05, 0.1) is 12.3 Å². The molecule has 0 aliphatic rings. The summed E-state index contributed by atoms with van der Waals surface area (Å²) in [7, 11) is 0. The lowest BCUT2D eigenvalue weighted by molar-refractivity contribution is 0.0523. The van der Waals surface area contributed by atoms with Crippen molar-refractivity contribution in [3.05, 3.63) is 62.9 Å². The van der Waals surface area contributed by atoms with Crippen molar-refractivity contribution in [3.63, 3.8) is 0 Å². The van der Waals surface area contributed by atoms with Gasteiger partial charge in [-0.05, 0) is 19.1 Å². The summed E-state index contributed by atoms with van der Waals surface area (Å²) in [5.74, 6) is -0.756. The average molecular weight is 260 g/mol. The monoisotopic (exact) mass is 260 g/mol. The van der Waals surface area contributed by atoms with E-state index < -0.39 is 17.2 Å². The van der Waals surface area contributed by atoms with Gasteiger partial charge in [0.1, 0.15) is 5.56 Å². The minimum Gasteiger partial charge on any atom is -0.462 e. The average Bonchev–Trinajstić information content (AvgIpc) is 2.40. The minimum absolute atomic E-state index is 0.155. The number of rotatable bonds is 3. The maximum absolute atomic E-state index is 12.1. The lowest BCUT2D eigenvalue weighted by Gasteiger charge is -2.06. The van der Waals surface area contributed by atoms with Crippen LogP contribution in [0.1, 0.15) is 17.3 Å². The lowest BCUT2D eigenvalue weighted by Crippen LogP contribution is -2.37. The molecule has 0 unspecified atom stereocenters. The molecule has 19 heavy (non-hydrogen) atoms. The van der Waals surface area contributed by atoms with Crippen LogP contribution < -0.4 is 11.2 Å². The topological polar surface area (TPSA) is 81.2 Å². The minimum atomic E-state index is -0.756. The van der Waals surface area contributed by atoms with Gasteiger partial charge in [0.25, 0.3) is 5.56 Å². The van der Waals surface area contributed by atoms with E-state index in [1.165, 1.54) is 0 Å². The zero-order valence-corrected chi connectivity index (χ0v) is 10.3. The molecule has 1 aromatic heterocycles. The second-order valence-electron chi connectivity index (χ2n) is 3.70. The third-order valence-electron chi connectivity index (χ3n) is 2.49. The molecule has 6 heteroatoms. The Kier molecular flexibility index (Phi) is 3.61. The van der Waals surface area contributed by atoms with Crippen molar-refractivity contribution in [2.24, 2.45) is 0 Å². The second-order valence-corrected chi connectivity index (χ2v) is 3.70. The van der Waals surface area contributed by atoms with E-state index in [1.54, 1.807) is 37.3 Å². The van der Waals surface area contributed by atoms with Crippen LogP contribution in [-0.2, 0) is 4.74 Å². The number of para-hydroxylation sites is 1. The van der Waals surface area contributed by atoms with E-state index in [9.17, 15) is 14.4 Å². The number of aromatic amines is 1. The smallest absolute Gasteiger partial charge is 0.345 e. The Hall–Kier alpha value is -2.63. The van der Waals surface area contributed by atoms with E-state index in [-0.39, 0.29) is 12.2 Å². The van der Waals surface area contributed by atoms with Crippen molar-refractivity contribution in [1.82, 2.24) is 9.55 Å². The predicted octanol–water partition coefficient (Wildman–Crippen LogP) is 0.702. The van der Waals surface area contributed by atoms with Crippen LogP contribution >= 0.6 is 0 Å². The molecule has 1 aromatic carbocycles. The molecule has 1 heterocycles. The molecular formula is C13H12N2O4. The molecule has 2 aromatic rings. The van der Waals surface area contributed by atoms with Crippen LogP contribution in [-0.4, -0.2) is 22.1 Å². The molecule has 0 aliphatic carbocycles. The molecule has 0 atom stereocenters. The quantitative estimate of drug-likeness (QED) is 0.824. The number of ether oxygens (including phenoxy) is 1. The van der Waals surface area contributed by atoms with E-state index in [4.69, 9.17) is 4.74 Å². The number of hydrogen-bond acceptors (Lipinski definition) is 4. The maximum Gasteiger partial charge on any atom is 0.345 e. The Morgan fingerprint density at radius 3 is 2.58 bits per heavy atom. The molecule has 0 saturated heterocycles. The molecule has 2 rings (SSSR count). The summed E-state index contributed by atoms with van der Waals surface area (Å²) >= 11 is 0. The van der Waals surface area contributed by atoms with Crippen molar-refractivity contribution >= 4 is 5.97 Å². The summed E-state index contributed by atoms with van der Waals surface area (Å²) in [4.78, 5) is 37.8. The second kappa shape index (κ2) is 5.34. The number of carbonyl (C=O) groups is 1. The third-order valence-corrected chi connectivity index (χ3v) is 2.49. The molecule has 0 aliphatic heterocycles. The first-order chi connectivity index (χ1) is 9.15. The van der Waals surface area contributed by atoms with Crippen molar-refractivity contribution in [1.29, 1.82) is 0 Å². The standard InChI is InChI=1S/C13H12N2O4/c1-2-19-12(17)10-8-14-13(18)15(11(10)16)9-6-4-3-5-7-9/h3-8H,2H2,1H3,(H,14,18). The van der Waals surface area contributed by atoms with Gasteiger partial charge in [0.2, 0.25) is 0 Å². The molecular weight excluding hydrogens is 248 g/mol. The van der Waals surface area contributed by atoms with Crippen LogP contribution in [0.4, 0.5) is 0 Å². The van der Waals surface area contributed by atoms with Crippen molar-refractivity contribution in [2.75, 3.05) is 6.61 Å². The number of carbonyl (C=O) groups excluding carboxylic acids is 1. The van der Waals surface area contributed by atoms with Crippen molar-refractivity contribution < 1.29 is 9.53 Å². The van der Waals surface area contributed by atoms with Gasteiger partial charge in [-0.15, -0.1) is 0 Å². The van der Waals surface area contributed by atoms with E-state index in [2.05, 4.69) is 4.98 Å². The van der Waals surface area contributed by atoms with Crippen LogP contribution in [0.2, 0.25) is 0 Å². The number of nitrogens with zero attached hydrogens (tertiary/aromatic N) is 1. The normalized spacial score (nSPS) is 10.2. The molecule has 0 fully saturated rings. The van der Waals surface area contributed by atoms with Gasteiger partial charge in [-0.2, -0.15) is 0 Å². The highest BCUT2D eigenvalue weighted by Gasteiger charge is 2.16. The first-order valence-corrected chi connectivity index (χ1v) is 5.72. The summed E-state index contributed by atoms with van der Waals surface area (Å²) in [5.41, 5.74) is -1.12. The molecule has 0 spiro atoms. The Labute approximate surface area is 108 Å². The predicted molar refractivity (Wildman–Crippen MR) is 68.6 cm³/mol. The van der Waals surface area contributed by atoms with Crippen LogP contribution in [0.5, 0.6) is 0 Å². The molecule has 0 bridgehead atoms. The molecule has 1 N–H and O–H groups in total. The number of nitrogens with one attached hydrogen (secondary N) is 1. The fourth-order valence-electron chi connectivity index (χ4n) is 1.64. The zero-order chi connectivity index (χ0) is 13.8. The van der Waals surface area contributed by atoms with Crippen LogP contribution in [0.15, 0.2) is 46.1 Å². The maximum atomic E-state index is 12.1. The van der Waals surface area contributed by atoms with E-state index in [0.717, 1.165) is 10.8 Å². The number of hydrogen-bond donors (Lipinski definition) is 1. The highest BCUT2D eigenvalue weighted by atomic mass is 16.5. The first-order valence-electron chi connectivity index (χ1n) is 5.72. The Balaban J connectivity index is 2.63. The third kappa shape index (κ3) is 2.47. The highest BCUT2D eigenvalue weighted by Crippen LogP contribution is 2.01. The van der Waals surface area contributed by atoms with Gasteiger partial charge >= 0.3 is 11.7 Å². The summed E-state index contributed by atoms with van der Waals surface area (Å²) in [5, 5.41) is 0. The van der Waals surface area contributed by atoms with Crippen LogP contribution in [0.3, 0.4) is 0 Å². The fourth-order valence-corrected chi connectivity index (χ4v) is 1.64. The summed E-state index contributed by atoms with van der Waals surface area (Å²) in [6.07, 6.45) is 1.07. The first kappa shape index (κ1) is 12.8. The molecule has 98 valence electrons. The van der Waals surface area contributed by atoms with Gasteiger partial charge in [-0.1, -0.05) is 18.2 Å². The Morgan fingerprint density at radius 2 is 1.95 bits per heavy atom. The SMILES string of the molecule is CCOC(=O)c1c[nH]c(=O)n(-c2ccccc2)c1=O. The number of H-pyrrole nitrogens is 1. The molecule has 0 amide bonds. The summed E-state index contributed by atoms with van der Waals surface area (Å²) in [6.45, 7) is 1.79. The van der Waals surface area contributed by atoms with Gasteiger partial charge < -0.3 is 9.72 Å². The summed E-state index contributed by atoms with van der Waals surface area (Å²) < 4.78 is 5.66. The lowest BCUT2D eigenvalue weighted by atomic mass is 10.3. The number of esters is 1. The van der Waals surface area contributed by atoms with Gasteiger partial charge in [0.15, 0.2) is 0 Å². The zero-order valence-electron chi connectivity index (χ0n) is 10.3. The molecule has 6 nitrogen and oxygen atoms in total. The van der Waals surface area contributed by atoms with Crippen LogP contribution in [0.25, 0.3) is 5.69 Å². The van der Waals surface area contributed by atoms with Gasteiger partial charge in [-0.3, -0.25) is 4.79 Å². The van der Waals surface area contributed by atoms with E-state index in [0.29, 0.717) is 5.69 Å². The van der Waals surface area contributed by atoms with Crippen molar-refractivity contribution in [2.45, 2.75) is 6.92 Å². The fraction of sp³-hybridized carbons (Fsp3) is 0.154. The number of benzene rings is 1. The Morgan fingerprint density at radius 1 is 1.26 bits per heavy atom. The van der Waals surface area contributed by atoms with Gasteiger partial charge in [0, 0.05) is 6.20 Å². The number of aromatic nitrogens is 2. The van der Waals surface area contributed by atoms with E-state index >= 15 is 0 Å².